The van der Waals surface area contributed by atoms with Crippen LogP contribution in [0.2, 0.25) is 5.02 Å². The van der Waals surface area contributed by atoms with Crippen molar-refractivity contribution in [2.24, 2.45) is 5.92 Å². The number of rotatable bonds is 5. The number of nitrogens with zero attached hydrogens (tertiary/aromatic N) is 2. The molecule has 1 aromatic heterocycles. The first kappa shape index (κ1) is 20.8. The van der Waals surface area contributed by atoms with Gasteiger partial charge < -0.3 is 10.6 Å². The Bertz CT molecular complexity index is 864. The number of hydrogen-bond acceptors (Lipinski definition) is 5. The van der Waals surface area contributed by atoms with Gasteiger partial charge in [0.1, 0.15) is 0 Å². The minimum Gasteiger partial charge on any atom is -0.326 e. The fourth-order valence-electron chi connectivity index (χ4n) is 3.22. The highest BCUT2D eigenvalue weighted by Crippen LogP contribution is 2.23. The summed E-state index contributed by atoms with van der Waals surface area (Å²) in [5.41, 5.74) is 2.61. The third kappa shape index (κ3) is 5.31. The molecule has 0 spiro atoms. The molecule has 2 N–H and O–H groups in total. The number of halogens is 1. The van der Waals surface area contributed by atoms with E-state index in [1.807, 2.05) is 37.8 Å². The lowest BCUT2D eigenvalue weighted by Crippen LogP contribution is -2.43. The normalized spacial score (nSPS) is 17.4. The number of nitrogens with one attached hydrogen (secondary N) is 2. The minimum absolute atomic E-state index is 0.0313. The summed E-state index contributed by atoms with van der Waals surface area (Å²) in [5.74, 6) is -0.276. The van der Waals surface area contributed by atoms with Gasteiger partial charge in [0, 0.05) is 22.1 Å². The monoisotopic (exact) mass is 420 g/mol. The van der Waals surface area contributed by atoms with Crippen molar-refractivity contribution < 1.29 is 9.59 Å². The van der Waals surface area contributed by atoms with Crippen molar-refractivity contribution in [3.8, 4) is 0 Å². The lowest BCUT2D eigenvalue weighted by Gasteiger charge is -2.31. The summed E-state index contributed by atoms with van der Waals surface area (Å²) in [7, 11) is 0. The molecular formula is C20H25ClN4O2S. The number of benzene rings is 1. The quantitative estimate of drug-likeness (QED) is 0.766. The lowest BCUT2D eigenvalue weighted by molar-refractivity contribution is -0.123. The molecule has 8 heteroatoms. The number of thiazole rings is 1. The van der Waals surface area contributed by atoms with Gasteiger partial charge in [0.25, 0.3) is 0 Å². The predicted octanol–water partition coefficient (Wildman–Crippen LogP) is 4.01. The minimum atomic E-state index is -0.147. The molecule has 1 saturated heterocycles. The zero-order valence-electron chi connectivity index (χ0n) is 16.3. The van der Waals surface area contributed by atoms with E-state index in [-0.39, 0.29) is 24.3 Å². The van der Waals surface area contributed by atoms with E-state index >= 15 is 0 Å². The molecule has 1 aliphatic rings. The van der Waals surface area contributed by atoms with Crippen LogP contribution in [0.3, 0.4) is 0 Å². The van der Waals surface area contributed by atoms with Gasteiger partial charge in [-0.05, 0) is 57.9 Å². The predicted molar refractivity (Wildman–Crippen MR) is 114 cm³/mol. The molecular weight excluding hydrogens is 396 g/mol. The fraction of sp³-hybridized carbons (Fsp3) is 0.450. The van der Waals surface area contributed by atoms with Crippen molar-refractivity contribution in [2.75, 3.05) is 30.3 Å². The zero-order chi connectivity index (χ0) is 20.3. The highest BCUT2D eigenvalue weighted by Gasteiger charge is 2.27. The van der Waals surface area contributed by atoms with Gasteiger partial charge in [-0.15, -0.1) is 11.3 Å². The summed E-state index contributed by atoms with van der Waals surface area (Å²) in [6.45, 7) is 7.47. The van der Waals surface area contributed by atoms with Crippen LogP contribution in [0.15, 0.2) is 18.2 Å². The van der Waals surface area contributed by atoms with Crippen molar-refractivity contribution in [1.29, 1.82) is 0 Å². The number of aromatic nitrogens is 1. The second-order valence-electron chi connectivity index (χ2n) is 7.24. The molecule has 1 fully saturated rings. The number of likely N-dealkylation sites (tertiary alicyclic amines) is 1. The topological polar surface area (TPSA) is 74.3 Å². The second-order valence-corrected chi connectivity index (χ2v) is 8.85. The van der Waals surface area contributed by atoms with E-state index < -0.39 is 0 Å². The lowest BCUT2D eigenvalue weighted by atomic mass is 9.97. The van der Waals surface area contributed by atoms with Gasteiger partial charge >= 0.3 is 0 Å². The Kier molecular flexibility index (Phi) is 6.69. The first-order valence-corrected chi connectivity index (χ1v) is 10.5. The van der Waals surface area contributed by atoms with Crippen molar-refractivity contribution in [1.82, 2.24) is 9.88 Å². The van der Waals surface area contributed by atoms with Gasteiger partial charge in [0.2, 0.25) is 11.8 Å². The van der Waals surface area contributed by atoms with Gasteiger partial charge in [0.05, 0.1) is 18.2 Å². The number of carbonyl (C=O) groups excluding carboxylic acids is 2. The van der Waals surface area contributed by atoms with E-state index in [1.165, 1.54) is 11.3 Å². The molecule has 1 unspecified atom stereocenters. The molecule has 0 aliphatic carbocycles. The molecule has 1 atom stereocenters. The fourth-order valence-corrected chi connectivity index (χ4v) is 4.23. The summed E-state index contributed by atoms with van der Waals surface area (Å²) < 4.78 is 0. The van der Waals surface area contributed by atoms with E-state index in [0.717, 1.165) is 35.5 Å². The van der Waals surface area contributed by atoms with Crippen molar-refractivity contribution in [3.63, 3.8) is 0 Å². The van der Waals surface area contributed by atoms with E-state index in [9.17, 15) is 9.59 Å². The first-order valence-electron chi connectivity index (χ1n) is 9.35. The Balaban J connectivity index is 1.53. The molecule has 2 amide bonds. The summed E-state index contributed by atoms with van der Waals surface area (Å²) in [4.78, 5) is 32.4. The number of piperidine rings is 1. The molecule has 0 saturated carbocycles. The number of aryl methyl sites for hydroxylation is 3. The van der Waals surface area contributed by atoms with E-state index in [1.54, 1.807) is 6.07 Å². The highest BCUT2D eigenvalue weighted by atomic mass is 35.5. The Labute approximate surface area is 174 Å². The van der Waals surface area contributed by atoms with Crippen LogP contribution in [0.25, 0.3) is 0 Å². The van der Waals surface area contributed by atoms with Crippen LogP contribution in [0.1, 0.15) is 29.0 Å². The van der Waals surface area contributed by atoms with Gasteiger partial charge in [-0.25, -0.2) is 4.98 Å². The van der Waals surface area contributed by atoms with Crippen LogP contribution < -0.4 is 10.6 Å². The Morgan fingerprint density at radius 3 is 2.75 bits per heavy atom. The van der Waals surface area contributed by atoms with Gasteiger partial charge in [-0.3, -0.25) is 14.5 Å². The molecule has 1 aromatic carbocycles. The summed E-state index contributed by atoms with van der Waals surface area (Å²) in [6.07, 6.45) is 1.70. The summed E-state index contributed by atoms with van der Waals surface area (Å²) in [5, 5.41) is 7.06. The summed E-state index contributed by atoms with van der Waals surface area (Å²) >= 11 is 7.61. The van der Waals surface area contributed by atoms with E-state index in [0.29, 0.717) is 22.4 Å². The maximum Gasteiger partial charge on any atom is 0.240 e. The smallest absolute Gasteiger partial charge is 0.240 e. The van der Waals surface area contributed by atoms with Crippen LogP contribution in [-0.2, 0) is 9.59 Å². The van der Waals surface area contributed by atoms with Crippen LogP contribution >= 0.6 is 22.9 Å². The maximum absolute atomic E-state index is 12.6. The SMILES string of the molecule is Cc1ccc(NC(=O)C2CCCN(CC(=O)Nc3nc(C)c(C)s3)C2)cc1Cl. The molecule has 6 nitrogen and oxygen atoms in total. The molecule has 0 radical (unpaired) electrons. The maximum atomic E-state index is 12.6. The van der Waals surface area contributed by atoms with Gasteiger partial charge in [-0.2, -0.15) is 0 Å². The molecule has 0 bridgehead atoms. The summed E-state index contributed by atoms with van der Waals surface area (Å²) in [6, 6.07) is 5.50. The van der Waals surface area contributed by atoms with Crippen molar-refractivity contribution in [3.05, 3.63) is 39.4 Å². The Morgan fingerprint density at radius 2 is 2.07 bits per heavy atom. The number of amides is 2. The standard InChI is InChI=1S/C20H25ClN4O2S/c1-12-6-7-16(9-17(12)21)23-19(27)15-5-4-8-25(10-15)11-18(26)24-20-22-13(2)14(3)28-20/h6-7,9,15H,4-5,8,10-11H2,1-3H3,(H,23,27)(H,22,24,26). The molecule has 2 aromatic rings. The Morgan fingerprint density at radius 1 is 1.29 bits per heavy atom. The Hall–Kier alpha value is -1.96. The second kappa shape index (κ2) is 9.03. The molecule has 3 rings (SSSR count). The third-order valence-corrected chi connectivity index (χ3v) is 6.35. The first-order chi connectivity index (χ1) is 13.3. The van der Waals surface area contributed by atoms with Crippen LogP contribution in [0, 0.1) is 26.7 Å². The van der Waals surface area contributed by atoms with E-state index in [4.69, 9.17) is 11.6 Å². The van der Waals surface area contributed by atoms with Crippen LogP contribution in [0.5, 0.6) is 0 Å². The number of anilines is 2. The average Bonchev–Trinajstić information content (AvgIpc) is 2.95. The van der Waals surface area contributed by atoms with Gasteiger partial charge in [-0.1, -0.05) is 17.7 Å². The molecule has 2 heterocycles. The third-order valence-electron chi connectivity index (χ3n) is 4.96. The molecule has 28 heavy (non-hydrogen) atoms. The molecule has 150 valence electrons. The largest absolute Gasteiger partial charge is 0.326 e. The number of carbonyl (C=O) groups is 2. The van der Waals surface area contributed by atoms with Gasteiger partial charge in [0.15, 0.2) is 5.13 Å². The zero-order valence-corrected chi connectivity index (χ0v) is 17.9. The van der Waals surface area contributed by atoms with Crippen molar-refractivity contribution in [2.45, 2.75) is 33.6 Å². The van der Waals surface area contributed by atoms with Crippen molar-refractivity contribution >= 4 is 45.6 Å². The van der Waals surface area contributed by atoms with Crippen LogP contribution in [-0.4, -0.2) is 41.3 Å². The number of hydrogen-bond donors (Lipinski definition) is 2. The molecule has 1 aliphatic heterocycles. The van der Waals surface area contributed by atoms with Crippen LogP contribution in [0.4, 0.5) is 10.8 Å². The van der Waals surface area contributed by atoms with E-state index in [2.05, 4.69) is 15.6 Å². The average molecular weight is 421 g/mol. The highest BCUT2D eigenvalue weighted by molar-refractivity contribution is 7.15.